The topological polar surface area (TPSA) is 91.4 Å². The SMILES string of the molecule is Cn1c2c(c(=O)n(C)c1=O)C[C@]1(CCCN(C(=O)CCn3cnc4ccccc43)CC1)O2. The summed E-state index contributed by atoms with van der Waals surface area (Å²) in [5.74, 6) is 0.489. The van der Waals surface area contributed by atoms with E-state index in [1.807, 2.05) is 33.7 Å². The van der Waals surface area contributed by atoms with E-state index in [0.717, 1.165) is 28.4 Å². The van der Waals surface area contributed by atoms with Gasteiger partial charge in [0.15, 0.2) is 0 Å². The monoisotopic (exact) mass is 437 g/mol. The number of nitrogens with zero attached hydrogens (tertiary/aromatic N) is 5. The molecule has 0 radical (unpaired) electrons. The summed E-state index contributed by atoms with van der Waals surface area (Å²) in [6.07, 6.45) is 4.84. The van der Waals surface area contributed by atoms with Gasteiger partial charge in [-0.3, -0.25) is 18.7 Å². The molecule has 5 rings (SSSR count). The highest BCUT2D eigenvalue weighted by molar-refractivity contribution is 5.77. The van der Waals surface area contributed by atoms with Crippen molar-refractivity contribution in [2.45, 2.75) is 44.2 Å². The summed E-state index contributed by atoms with van der Waals surface area (Å²) in [6, 6.07) is 7.90. The lowest BCUT2D eigenvalue weighted by molar-refractivity contribution is -0.131. The van der Waals surface area contributed by atoms with Crippen molar-refractivity contribution in [3.63, 3.8) is 0 Å². The highest BCUT2D eigenvalue weighted by Gasteiger charge is 2.44. The van der Waals surface area contributed by atoms with Crippen molar-refractivity contribution in [1.82, 2.24) is 23.6 Å². The summed E-state index contributed by atoms with van der Waals surface area (Å²) in [5.41, 5.74) is 1.30. The third-order valence-electron chi connectivity index (χ3n) is 6.86. The van der Waals surface area contributed by atoms with Gasteiger partial charge in [0.2, 0.25) is 11.8 Å². The van der Waals surface area contributed by atoms with Gasteiger partial charge in [0, 0.05) is 53.0 Å². The molecular formula is C23H27N5O4. The van der Waals surface area contributed by atoms with E-state index in [9.17, 15) is 14.4 Å². The second kappa shape index (κ2) is 7.65. The van der Waals surface area contributed by atoms with Crippen molar-refractivity contribution in [3.05, 3.63) is 57.0 Å². The molecule has 4 heterocycles. The van der Waals surface area contributed by atoms with Crippen molar-refractivity contribution >= 4 is 16.9 Å². The van der Waals surface area contributed by atoms with Crippen molar-refractivity contribution in [3.8, 4) is 5.88 Å². The average Bonchev–Trinajstić information content (AvgIpc) is 3.32. The van der Waals surface area contributed by atoms with Gasteiger partial charge in [-0.2, -0.15) is 0 Å². The summed E-state index contributed by atoms with van der Waals surface area (Å²) in [7, 11) is 3.12. The lowest BCUT2D eigenvalue weighted by atomic mass is 9.90. The molecule has 1 aromatic carbocycles. The largest absolute Gasteiger partial charge is 0.471 e. The molecule has 1 spiro atoms. The lowest BCUT2D eigenvalue weighted by Gasteiger charge is -2.27. The van der Waals surface area contributed by atoms with Gasteiger partial charge < -0.3 is 14.2 Å². The fraction of sp³-hybridized carbons (Fsp3) is 0.478. The number of carbonyl (C=O) groups is 1. The van der Waals surface area contributed by atoms with E-state index in [0.29, 0.717) is 50.3 Å². The quantitative estimate of drug-likeness (QED) is 0.614. The molecule has 32 heavy (non-hydrogen) atoms. The fourth-order valence-corrected chi connectivity index (χ4v) is 5.00. The maximum Gasteiger partial charge on any atom is 0.333 e. The molecular weight excluding hydrogens is 410 g/mol. The standard InChI is InChI=1S/C23H27N5O4/c1-25-20(30)16-14-23(32-21(16)26(2)22(25)31)9-5-11-27(13-10-23)19(29)8-12-28-15-24-17-6-3-4-7-18(17)28/h3-4,6-7,15H,5,8-14H2,1-2H3/t23-/m1/s1. The Labute approximate surface area is 184 Å². The Morgan fingerprint density at radius 1 is 1.12 bits per heavy atom. The summed E-state index contributed by atoms with van der Waals surface area (Å²) in [4.78, 5) is 44.1. The minimum Gasteiger partial charge on any atom is -0.471 e. The molecule has 3 aromatic rings. The Bertz CT molecular complexity index is 1320. The molecule has 0 N–H and O–H groups in total. The van der Waals surface area contributed by atoms with Crippen molar-refractivity contribution in [2.24, 2.45) is 14.1 Å². The van der Waals surface area contributed by atoms with Crippen LogP contribution in [0.1, 0.15) is 31.2 Å². The number of aromatic nitrogens is 4. The van der Waals surface area contributed by atoms with Crippen LogP contribution in [-0.4, -0.2) is 48.2 Å². The maximum absolute atomic E-state index is 13.0. The molecule has 1 fully saturated rings. The van der Waals surface area contributed by atoms with E-state index in [-0.39, 0.29) is 17.2 Å². The predicted octanol–water partition coefficient (Wildman–Crippen LogP) is 1.21. The second-order valence-corrected chi connectivity index (χ2v) is 8.86. The third-order valence-corrected chi connectivity index (χ3v) is 6.86. The summed E-state index contributed by atoms with van der Waals surface area (Å²) in [5, 5.41) is 0. The number of para-hydroxylation sites is 2. The number of hydrogen-bond acceptors (Lipinski definition) is 5. The zero-order valence-electron chi connectivity index (χ0n) is 18.4. The molecule has 9 nitrogen and oxygen atoms in total. The first-order valence-corrected chi connectivity index (χ1v) is 11.0. The molecule has 0 unspecified atom stereocenters. The van der Waals surface area contributed by atoms with E-state index in [2.05, 4.69) is 4.98 Å². The number of rotatable bonds is 3. The lowest BCUT2D eigenvalue weighted by Crippen LogP contribution is -2.38. The van der Waals surface area contributed by atoms with Crippen molar-refractivity contribution in [1.29, 1.82) is 0 Å². The highest BCUT2D eigenvalue weighted by atomic mass is 16.5. The van der Waals surface area contributed by atoms with Crippen LogP contribution >= 0.6 is 0 Å². The zero-order chi connectivity index (χ0) is 22.5. The fourth-order valence-electron chi connectivity index (χ4n) is 5.00. The van der Waals surface area contributed by atoms with E-state index in [1.54, 1.807) is 13.4 Å². The number of imidazole rings is 1. The first-order chi connectivity index (χ1) is 15.4. The molecule has 0 saturated carbocycles. The van der Waals surface area contributed by atoms with Crippen LogP contribution in [0.25, 0.3) is 11.0 Å². The van der Waals surface area contributed by atoms with E-state index >= 15 is 0 Å². The molecule has 0 bridgehead atoms. The van der Waals surface area contributed by atoms with Gasteiger partial charge >= 0.3 is 5.69 Å². The number of aryl methyl sites for hydroxylation is 1. The van der Waals surface area contributed by atoms with Gasteiger partial charge in [0.05, 0.1) is 22.9 Å². The first kappa shape index (κ1) is 20.5. The minimum absolute atomic E-state index is 0.110. The van der Waals surface area contributed by atoms with Gasteiger partial charge in [-0.15, -0.1) is 0 Å². The maximum atomic E-state index is 13.0. The number of hydrogen-bond donors (Lipinski definition) is 0. The van der Waals surface area contributed by atoms with Crippen LogP contribution in [0, 0.1) is 0 Å². The number of benzene rings is 1. The first-order valence-electron chi connectivity index (χ1n) is 11.0. The summed E-state index contributed by atoms with van der Waals surface area (Å²) in [6.45, 7) is 1.83. The predicted molar refractivity (Wildman–Crippen MR) is 119 cm³/mol. The Morgan fingerprint density at radius 3 is 2.78 bits per heavy atom. The van der Waals surface area contributed by atoms with Gasteiger partial charge in [0.25, 0.3) is 5.56 Å². The van der Waals surface area contributed by atoms with Crippen LogP contribution < -0.4 is 16.0 Å². The van der Waals surface area contributed by atoms with Crippen LogP contribution in [0.15, 0.2) is 40.2 Å². The van der Waals surface area contributed by atoms with Crippen LogP contribution in [0.3, 0.4) is 0 Å². The van der Waals surface area contributed by atoms with Gasteiger partial charge in [-0.05, 0) is 25.0 Å². The molecule has 2 aliphatic heterocycles. The molecule has 1 atom stereocenters. The third kappa shape index (κ3) is 3.32. The van der Waals surface area contributed by atoms with Gasteiger partial charge in [0.1, 0.15) is 5.60 Å². The molecule has 1 saturated heterocycles. The van der Waals surface area contributed by atoms with Gasteiger partial charge in [-0.25, -0.2) is 9.78 Å². The Hall–Kier alpha value is -3.36. The minimum atomic E-state index is -0.532. The van der Waals surface area contributed by atoms with Crippen LogP contribution in [-0.2, 0) is 31.9 Å². The molecule has 2 aliphatic rings. The van der Waals surface area contributed by atoms with E-state index in [1.165, 1.54) is 11.6 Å². The number of carbonyl (C=O) groups excluding carboxylic acids is 1. The molecule has 9 heteroatoms. The van der Waals surface area contributed by atoms with Crippen molar-refractivity contribution in [2.75, 3.05) is 13.1 Å². The van der Waals surface area contributed by atoms with E-state index < -0.39 is 5.60 Å². The Kier molecular flexibility index (Phi) is 4.91. The number of fused-ring (bicyclic) bond motifs is 2. The highest BCUT2D eigenvalue weighted by Crippen LogP contribution is 2.38. The molecule has 0 aliphatic carbocycles. The normalized spacial score (nSPS) is 20.4. The molecule has 168 valence electrons. The number of ether oxygens (including phenoxy) is 1. The van der Waals surface area contributed by atoms with Crippen LogP contribution in [0.4, 0.5) is 0 Å². The zero-order valence-corrected chi connectivity index (χ0v) is 18.4. The van der Waals surface area contributed by atoms with Gasteiger partial charge in [-0.1, -0.05) is 12.1 Å². The number of likely N-dealkylation sites (tertiary alicyclic amines) is 1. The Balaban J connectivity index is 1.27. The number of amides is 1. The van der Waals surface area contributed by atoms with Crippen molar-refractivity contribution < 1.29 is 9.53 Å². The summed E-state index contributed by atoms with van der Waals surface area (Å²) < 4.78 is 10.8. The Morgan fingerprint density at radius 2 is 1.94 bits per heavy atom. The van der Waals surface area contributed by atoms with Crippen LogP contribution in [0.5, 0.6) is 5.88 Å². The van der Waals surface area contributed by atoms with Crippen LogP contribution in [0.2, 0.25) is 0 Å². The molecule has 1 amide bonds. The summed E-state index contributed by atoms with van der Waals surface area (Å²) >= 11 is 0. The molecule has 2 aromatic heterocycles. The smallest absolute Gasteiger partial charge is 0.333 e. The average molecular weight is 438 g/mol. The second-order valence-electron chi connectivity index (χ2n) is 8.86. The van der Waals surface area contributed by atoms with E-state index in [4.69, 9.17) is 4.74 Å².